The second-order valence-corrected chi connectivity index (χ2v) is 13.3. The molecule has 32 heavy (non-hydrogen) atoms. The van der Waals surface area contributed by atoms with Gasteiger partial charge in [-0.25, -0.2) is 0 Å². The van der Waals surface area contributed by atoms with Crippen LogP contribution < -0.4 is 0 Å². The van der Waals surface area contributed by atoms with Gasteiger partial charge < -0.3 is 15.3 Å². The van der Waals surface area contributed by atoms with Crippen LogP contribution in [-0.4, -0.2) is 33.6 Å². The van der Waals surface area contributed by atoms with E-state index >= 15 is 0 Å². The van der Waals surface area contributed by atoms with Crippen molar-refractivity contribution in [3.05, 3.63) is 22.8 Å². The summed E-state index contributed by atoms with van der Waals surface area (Å²) in [6.45, 7) is 16.1. The van der Waals surface area contributed by atoms with E-state index < -0.39 is 12.2 Å². The van der Waals surface area contributed by atoms with E-state index in [-0.39, 0.29) is 33.7 Å². The molecule has 4 aliphatic carbocycles. The molecular formula is C29H48O3. The zero-order valence-corrected chi connectivity index (χ0v) is 21.7. The topological polar surface area (TPSA) is 60.7 Å². The van der Waals surface area contributed by atoms with E-state index in [2.05, 4.69) is 34.6 Å². The van der Waals surface area contributed by atoms with E-state index in [1.807, 2.05) is 19.9 Å². The molecular weight excluding hydrogens is 396 g/mol. The number of hydrogen-bond donors (Lipinski definition) is 3. The Morgan fingerprint density at radius 2 is 1.62 bits per heavy atom. The smallest absolute Gasteiger partial charge is 0.0836 e. The first kappa shape index (κ1) is 24.5. The Labute approximate surface area is 196 Å². The molecule has 0 aromatic rings. The maximum absolute atomic E-state index is 11.3. The number of rotatable bonds is 4. The highest BCUT2D eigenvalue weighted by Gasteiger charge is 2.64. The highest BCUT2D eigenvalue weighted by molar-refractivity contribution is 5.39. The molecule has 4 rings (SSSR count). The molecule has 4 aliphatic rings. The molecule has 0 heterocycles. The lowest BCUT2D eigenvalue weighted by atomic mass is 9.43. The van der Waals surface area contributed by atoms with Crippen molar-refractivity contribution in [1.82, 2.24) is 0 Å². The van der Waals surface area contributed by atoms with Crippen LogP contribution in [-0.2, 0) is 0 Å². The van der Waals surface area contributed by atoms with Crippen molar-refractivity contribution >= 4 is 0 Å². The van der Waals surface area contributed by atoms with Gasteiger partial charge in [0.2, 0.25) is 0 Å². The highest BCUT2D eigenvalue weighted by Crippen LogP contribution is 2.72. The Balaban J connectivity index is 1.67. The van der Waals surface area contributed by atoms with Gasteiger partial charge in [-0.2, -0.15) is 0 Å². The van der Waals surface area contributed by atoms with E-state index in [1.165, 1.54) is 12.0 Å². The number of fused-ring (bicyclic) bond motifs is 4. The summed E-state index contributed by atoms with van der Waals surface area (Å²) in [4.78, 5) is 0. The minimum Gasteiger partial charge on any atom is -0.393 e. The third kappa shape index (κ3) is 3.32. The van der Waals surface area contributed by atoms with E-state index in [0.717, 1.165) is 44.9 Å². The van der Waals surface area contributed by atoms with Gasteiger partial charge >= 0.3 is 0 Å². The molecule has 2 saturated carbocycles. The van der Waals surface area contributed by atoms with Gasteiger partial charge in [0.1, 0.15) is 0 Å². The Hall–Kier alpha value is -0.640. The molecule has 0 radical (unpaired) electrons. The fourth-order valence-electron chi connectivity index (χ4n) is 9.03. The zero-order chi connectivity index (χ0) is 23.7. The SMILES string of the molecule is CC(C)=CCC(O)C(O)C1CCC2(C)C3=C(CCC12C)C1(C)CCC(O)C(C)(C)C1CC3. The Bertz CT molecular complexity index is 805. The van der Waals surface area contributed by atoms with Crippen LogP contribution in [0.4, 0.5) is 0 Å². The Kier molecular flexibility index (Phi) is 6.09. The molecule has 8 atom stereocenters. The van der Waals surface area contributed by atoms with Crippen LogP contribution in [0.2, 0.25) is 0 Å². The molecule has 0 amide bonds. The average molecular weight is 445 g/mol. The van der Waals surface area contributed by atoms with Crippen LogP contribution in [0.3, 0.4) is 0 Å². The molecule has 0 bridgehead atoms. The molecule has 3 nitrogen and oxygen atoms in total. The van der Waals surface area contributed by atoms with Crippen molar-refractivity contribution in [3.8, 4) is 0 Å². The summed E-state index contributed by atoms with van der Waals surface area (Å²) in [6.07, 6.45) is 9.71. The van der Waals surface area contributed by atoms with Crippen molar-refractivity contribution in [2.75, 3.05) is 0 Å². The lowest BCUT2D eigenvalue weighted by Gasteiger charge is -2.62. The Morgan fingerprint density at radius 1 is 0.938 bits per heavy atom. The number of aliphatic hydroxyl groups is 3. The summed E-state index contributed by atoms with van der Waals surface area (Å²) >= 11 is 0. The van der Waals surface area contributed by atoms with Gasteiger partial charge in [0, 0.05) is 0 Å². The number of allylic oxidation sites excluding steroid dienone is 3. The van der Waals surface area contributed by atoms with Gasteiger partial charge in [0.15, 0.2) is 0 Å². The van der Waals surface area contributed by atoms with Crippen LogP contribution in [0.5, 0.6) is 0 Å². The number of aliphatic hydroxyl groups excluding tert-OH is 3. The fraction of sp³-hybridized carbons (Fsp3) is 0.862. The predicted molar refractivity (Wildman–Crippen MR) is 131 cm³/mol. The minimum atomic E-state index is -0.682. The van der Waals surface area contributed by atoms with Crippen LogP contribution in [0, 0.1) is 33.5 Å². The second kappa shape index (κ2) is 7.95. The van der Waals surface area contributed by atoms with Crippen molar-refractivity contribution in [1.29, 1.82) is 0 Å². The van der Waals surface area contributed by atoms with Crippen LogP contribution in [0.15, 0.2) is 22.8 Å². The maximum Gasteiger partial charge on any atom is 0.0836 e. The molecule has 3 N–H and O–H groups in total. The van der Waals surface area contributed by atoms with Crippen LogP contribution in [0.25, 0.3) is 0 Å². The molecule has 0 saturated heterocycles. The first-order chi connectivity index (χ1) is 14.8. The summed E-state index contributed by atoms with van der Waals surface area (Å²) < 4.78 is 0. The molecule has 3 heteroatoms. The summed E-state index contributed by atoms with van der Waals surface area (Å²) in [5, 5.41) is 32.8. The van der Waals surface area contributed by atoms with Gasteiger partial charge in [0.05, 0.1) is 18.3 Å². The highest BCUT2D eigenvalue weighted by atomic mass is 16.3. The standard InChI is InChI=1S/C29H48O3/c1-18(2)8-10-22(30)25(32)21-13-17-28(6)20-9-11-23-26(3,4)24(31)14-15-27(23,5)19(20)12-16-29(21,28)7/h8,21-25,30-32H,9-17H2,1-7H3. The van der Waals surface area contributed by atoms with Gasteiger partial charge in [-0.1, -0.05) is 57.4 Å². The average Bonchev–Trinajstić information content (AvgIpc) is 3.00. The third-order valence-electron chi connectivity index (χ3n) is 11.4. The van der Waals surface area contributed by atoms with Gasteiger partial charge in [0.25, 0.3) is 0 Å². The lowest BCUT2D eigenvalue weighted by molar-refractivity contribution is -0.101. The summed E-state index contributed by atoms with van der Waals surface area (Å²) in [6, 6.07) is 0. The van der Waals surface area contributed by atoms with Gasteiger partial charge in [-0.15, -0.1) is 0 Å². The van der Waals surface area contributed by atoms with Crippen LogP contribution >= 0.6 is 0 Å². The molecule has 182 valence electrons. The monoisotopic (exact) mass is 444 g/mol. The first-order valence-electron chi connectivity index (χ1n) is 13.2. The molecule has 0 aliphatic heterocycles. The van der Waals surface area contributed by atoms with Crippen molar-refractivity contribution in [2.45, 2.75) is 125 Å². The quantitative estimate of drug-likeness (QED) is 0.454. The molecule has 8 unspecified atom stereocenters. The second-order valence-electron chi connectivity index (χ2n) is 13.3. The minimum absolute atomic E-state index is 0.0311. The molecule has 0 spiro atoms. The third-order valence-corrected chi connectivity index (χ3v) is 11.4. The summed E-state index contributed by atoms with van der Waals surface area (Å²) in [7, 11) is 0. The Morgan fingerprint density at radius 3 is 2.28 bits per heavy atom. The fourth-order valence-corrected chi connectivity index (χ4v) is 9.03. The van der Waals surface area contributed by atoms with Crippen molar-refractivity contribution < 1.29 is 15.3 Å². The van der Waals surface area contributed by atoms with E-state index in [0.29, 0.717) is 12.3 Å². The van der Waals surface area contributed by atoms with Crippen molar-refractivity contribution in [2.24, 2.45) is 33.5 Å². The first-order valence-corrected chi connectivity index (χ1v) is 13.2. The van der Waals surface area contributed by atoms with Gasteiger partial charge in [-0.3, -0.25) is 0 Å². The zero-order valence-electron chi connectivity index (χ0n) is 21.7. The molecule has 0 aromatic heterocycles. The van der Waals surface area contributed by atoms with E-state index in [9.17, 15) is 15.3 Å². The predicted octanol–water partition coefficient (Wildman–Crippen LogP) is 6.17. The number of hydrogen-bond acceptors (Lipinski definition) is 3. The van der Waals surface area contributed by atoms with E-state index in [4.69, 9.17) is 0 Å². The molecule has 2 fully saturated rings. The summed E-state index contributed by atoms with van der Waals surface area (Å²) in [5.74, 6) is 0.691. The largest absolute Gasteiger partial charge is 0.393 e. The van der Waals surface area contributed by atoms with Gasteiger partial charge in [-0.05, 0) is 105 Å². The van der Waals surface area contributed by atoms with Crippen molar-refractivity contribution in [3.63, 3.8) is 0 Å². The maximum atomic E-state index is 11.3. The molecule has 0 aromatic carbocycles. The normalized spacial score (nSPS) is 44.9. The van der Waals surface area contributed by atoms with E-state index in [1.54, 1.807) is 11.1 Å². The lowest BCUT2D eigenvalue weighted by Crippen LogP contribution is -2.55. The van der Waals surface area contributed by atoms with Crippen LogP contribution in [0.1, 0.15) is 106 Å². The summed E-state index contributed by atoms with van der Waals surface area (Å²) in [5.41, 5.74) is 4.88.